The third-order valence-electron chi connectivity index (χ3n) is 4.42. The molecule has 21 heavy (non-hydrogen) atoms. The largest absolute Gasteiger partial charge is 0.321 e. The van der Waals surface area contributed by atoms with Crippen molar-refractivity contribution in [1.82, 2.24) is 15.1 Å². The number of carbonyl (C=O) groups is 1. The number of hydrogen-bond acceptors (Lipinski definition) is 3. The van der Waals surface area contributed by atoms with Crippen molar-refractivity contribution in [2.75, 3.05) is 33.2 Å². The molecule has 2 fully saturated rings. The first-order valence-corrected chi connectivity index (χ1v) is 7.98. The Kier molecular flexibility index (Phi) is 4.48. The number of likely N-dealkylation sites (tertiary alicyclic amines) is 1. The van der Waals surface area contributed by atoms with Crippen molar-refractivity contribution >= 4 is 17.5 Å². The Morgan fingerprint density at radius 2 is 2.29 bits per heavy atom. The zero-order chi connectivity index (χ0) is 14.8. The molecule has 2 heterocycles. The van der Waals surface area contributed by atoms with Gasteiger partial charge in [0.15, 0.2) is 0 Å². The lowest BCUT2D eigenvalue weighted by Crippen LogP contribution is -2.41. The predicted molar refractivity (Wildman–Crippen MR) is 84.1 cm³/mol. The topological polar surface area (TPSA) is 35.6 Å². The Bertz CT molecular complexity index is 522. The number of rotatable bonds is 3. The summed E-state index contributed by atoms with van der Waals surface area (Å²) in [6, 6.07) is 7.77. The maximum Gasteiger partial charge on any atom is 0.238 e. The molecule has 1 amide bonds. The van der Waals surface area contributed by atoms with Crippen molar-refractivity contribution < 1.29 is 4.79 Å². The fourth-order valence-corrected chi connectivity index (χ4v) is 3.62. The predicted octanol–water partition coefficient (Wildman–Crippen LogP) is 2.11. The number of halogens is 1. The molecule has 5 heteroatoms. The van der Waals surface area contributed by atoms with Gasteiger partial charge in [-0.2, -0.15) is 0 Å². The maximum atomic E-state index is 12.2. The fourth-order valence-electron chi connectivity index (χ4n) is 3.42. The van der Waals surface area contributed by atoms with Gasteiger partial charge in [0.1, 0.15) is 6.17 Å². The molecule has 0 radical (unpaired) electrons. The molecule has 1 N–H and O–H groups in total. The molecule has 2 unspecified atom stereocenters. The Labute approximate surface area is 131 Å². The summed E-state index contributed by atoms with van der Waals surface area (Å²) in [5.41, 5.74) is 1.07. The quantitative estimate of drug-likeness (QED) is 0.929. The van der Waals surface area contributed by atoms with Gasteiger partial charge in [0.2, 0.25) is 5.91 Å². The highest BCUT2D eigenvalue weighted by Crippen LogP contribution is 2.27. The average Bonchev–Trinajstić information content (AvgIpc) is 2.80. The molecule has 4 nitrogen and oxygen atoms in total. The summed E-state index contributed by atoms with van der Waals surface area (Å²) in [5.74, 6) is 0.752. The second-order valence-corrected chi connectivity index (χ2v) is 6.59. The van der Waals surface area contributed by atoms with Gasteiger partial charge in [-0.3, -0.25) is 10.1 Å². The van der Waals surface area contributed by atoms with E-state index < -0.39 is 0 Å². The van der Waals surface area contributed by atoms with Gasteiger partial charge in [-0.1, -0.05) is 23.7 Å². The van der Waals surface area contributed by atoms with Crippen molar-refractivity contribution in [2.45, 2.75) is 19.0 Å². The number of piperidine rings is 1. The molecule has 2 aliphatic heterocycles. The van der Waals surface area contributed by atoms with Gasteiger partial charge in [0, 0.05) is 18.1 Å². The van der Waals surface area contributed by atoms with E-state index in [0.717, 1.165) is 18.7 Å². The second kappa shape index (κ2) is 6.34. The van der Waals surface area contributed by atoms with Crippen LogP contribution in [0.15, 0.2) is 24.3 Å². The standard InChI is InChI=1S/C16H22ClN3O/c1-19-7-3-4-12(10-19)11-20-15(21)9-18-16(20)13-5-2-6-14(17)8-13/h2,5-6,8,12,16,18H,3-4,7,9-11H2,1H3. The molecule has 1 aromatic carbocycles. The summed E-state index contributed by atoms with van der Waals surface area (Å²) in [6.45, 7) is 3.49. The Morgan fingerprint density at radius 1 is 1.43 bits per heavy atom. The summed E-state index contributed by atoms with van der Waals surface area (Å²) >= 11 is 6.08. The van der Waals surface area contributed by atoms with Crippen molar-refractivity contribution in [3.8, 4) is 0 Å². The van der Waals surface area contributed by atoms with E-state index in [1.807, 2.05) is 29.2 Å². The highest BCUT2D eigenvalue weighted by molar-refractivity contribution is 6.30. The zero-order valence-electron chi connectivity index (χ0n) is 12.4. The van der Waals surface area contributed by atoms with Gasteiger partial charge in [-0.05, 0) is 50.0 Å². The number of nitrogens with one attached hydrogen (secondary N) is 1. The summed E-state index contributed by atoms with van der Waals surface area (Å²) < 4.78 is 0. The normalized spacial score (nSPS) is 27.3. The van der Waals surface area contributed by atoms with Crippen LogP contribution in [0.1, 0.15) is 24.6 Å². The fraction of sp³-hybridized carbons (Fsp3) is 0.562. The molecular formula is C16H22ClN3O. The molecule has 2 saturated heterocycles. The van der Waals surface area contributed by atoms with Crippen LogP contribution < -0.4 is 5.32 Å². The van der Waals surface area contributed by atoms with E-state index in [9.17, 15) is 4.79 Å². The second-order valence-electron chi connectivity index (χ2n) is 6.16. The SMILES string of the molecule is CN1CCCC(CN2C(=O)CNC2c2cccc(Cl)c2)C1. The summed E-state index contributed by atoms with van der Waals surface area (Å²) in [5, 5.41) is 4.02. The van der Waals surface area contributed by atoms with Crippen molar-refractivity contribution in [1.29, 1.82) is 0 Å². The molecule has 0 bridgehead atoms. The first-order valence-electron chi connectivity index (χ1n) is 7.60. The van der Waals surface area contributed by atoms with Crippen LogP contribution in [0.5, 0.6) is 0 Å². The molecule has 0 aromatic heterocycles. The maximum absolute atomic E-state index is 12.2. The van der Waals surface area contributed by atoms with Gasteiger partial charge in [-0.25, -0.2) is 0 Å². The Hall–Kier alpha value is -1.10. The van der Waals surface area contributed by atoms with Gasteiger partial charge >= 0.3 is 0 Å². The van der Waals surface area contributed by atoms with Crippen molar-refractivity contribution in [3.63, 3.8) is 0 Å². The summed E-state index contributed by atoms with van der Waals surface area (Å²) in [6.07, 6.45) is 2.39. The highest BCUT2D eigenvalue weighted by atomic mass is 35.5. The van der Waals surface area contributed by atoms with Crippen molar-refractivity contribution in [2.24, 2.45) is 5.92 Å². The first-order chi connectivity index (χ1) is 10.1. The lowest BCUT2D eigenvalue weighted by molar-refractivity contribution is -0.128. The molecule has 114 valence electrons. The van der Waals surface area contributed by atoms with Crippen LogP contribution in [-0.2, 0) is 4.79 Å². The van der Waals surface area contributed by atoms with Gasteiger partial charge in [0.05, 0.1) is 6.54 Å². The lowest BCUT2D eigenvalue weighted by atomic mass is 9.97. The van der Waals surface area contributed by atoms with Gasteiger partial charge in [0.25, 0.3) is 0 Å². The van der Waals surface area contributed by atoms with E-state index in [1.165, 1.54) is 19.4 Å². The first kappa shape index (κ1) is 14.8. The van der Waals surface area contributed by atoms with E-state index in [2.05, 4.69) is 17.3 Å². The minimum Gasteiger partial charge on any atom is -0.321 e. The molecule has 2 aliphatic rings. The molecule has 0 spiro atoms. The summed E-state index contributed by atoms with van der Waals surface area (Å²) in [7, 11) is 2.16. The minimum atomic E-state index is -0.0385. The van der Waals surface area contributed by atoms with Crippen LogP contribution in [0.25, 0.3) is 0 Å². The summed E-state index contributed by atoms with van der Waals surface area (Å²) in [4.78, 5) is 16.6. The monoisotopic (exact) mass is 307 g/mol. The molecule has 0 aliphatic carbocycles. The lowest BCUT2D eigenvalue weighted by Gasteiger charge is -2.34. The van der Waals surface area contributed by atoms with Crippen LogP contribution in [0.4, 0.5) is 0 Å². The number of benzene rings is 1. The number of carbonyl (C=O) groups excluding carboxylic acids is 1. The Morgan fingerprint density at radius 3 is 3.05 bits per heavy atom. The number of amides is 1. The van der Waals surface area contributed by atoms with Crippen LogP contribution in [-0.4, -0.2) is 48.9 Å². The van der Waals surface area contributed by atoms with Crippen LogP contribution >= 0.6 is 11.6 Å². The molecule has 3 rings (SSSR count). The minimum absolute atomic E-state index is 0.0385. The highest BCUT2D eigenvalue weighted by Gasteiger charge is 2.33. The molecule has 0 saturated carbocycles. The molecular weight excluding hydrogens is 286 g/mol. The zero-order valence-corrected chi connectivity index (χ0v) is 13.1. The third-order valence-corrected chi connectivity index (χ3v) is 4.66. The van der Waals surface area contributed by atoms with Gasteiger partial charge < -0.3 is 9.80 Å². The third kappa shape index (κ3) is 3.39. The molecule has 1 aromatic rings. The number of nitrogens with zero attached hydrogens (tertiary/aromatic N) is 2. The van der Waals surface area contributed by atoms with E-state index in [-0.39, 0.29) is 12.1 Å². The van der Waals surface area contributed by atoms with E-state index >= 15 is 0 Å². The van der Waals surface area contributed by atoms with E-state index in [1.54, 1.807) is 0 Å². The number of hydrogen-bond donors (Lipinski definition) is 1. The van der Waals surface area contributed by atoms with Crippen LogP contribution in [0.2, 0.25) is 5.02 Å². The van der Waals surface area contributed by atoms with Crippen LogP contribution in [0, 0.1) is 5.92 Å². The van der Waals surface area contributed by atoms with Crippen molar-refractivity contribution in [3.05, 3.63) is 34.9 Å². The Balaban J connectivity index is 1.73. The van der Waals surface area contributed by atoms with Gasteiger partial charge in [-0.15, -0.1) is 0 Å². The average molecular weight is 308 g/mol. The smallest absolute Gasteiger partial charge is 0.238 e. The molecule has 2 atom stereocenters. The van der Waals surface area contributed by atoms with E-state index in [4.69, 9.17) is 11.6 Å². The van der Waals surface area contributed by atoms with E-state index in [0.29, 0.717) is 17.5 Å². The van der Waals surface area contributed by atoms with Crippen LogP contribution in [0.3, 0.4) is 0 Å².